The van der Waals surface area contributed by atoms with Gasteiger partial charge in [-0.05, 0) is 36.2 Å². The molecule has 0 aliphatic heterocycles. The first kappa shape index (κ1) is 25.2. The highest BCUT2D eigenvalue weighted by Gasteiger charge is 2.35. The molecule has 0 bridgehead atoms. The molecule has 0 amide bonds. The highest BCUT2D eigenvalue weighted by atomic mass is 32.2. The van der Waals surface area contributed by atoms with E-state index in [0.29, 0.717) is 23.1 Å². The van der Waals surface area contributed by atoms with E-state index in [4.69, 9.17) is 5.73 Å². The Morgan fingerprint density at radius 3 is 2.35 bits per heavy atom. The molecule has 0 saturated heterocycles. The van der Waals surface area contributed by atoms with Gasteiger partial charge in [-0.15, -0.1) is 0 Å². The fraction of sp³-hybridized carbons (Fsp3) is 0.273. The Labute approximate surface area is 196 Å². The van der Waals surface area contributed by atoms with E-state index < -0.39 is 27.6 Å². The summed E-state index contributed by atoms with van der Waals surface area (Å²) < 4.78 is 65.7. The van der Waals surface area contributed by atoms with Crippen LogP contribution in [-0.2, 0) is 22.7 Å². The zero-order valence-electron chi connectivity index (χ0n) is 18.8. The minimum absolute atomic E-state index is 0.0365. The summed E-state index contributed by atoms with van der Waals surface area (Å²) in [5.41, 5.74) is 7.09. The van der Waals surface area contributed by atoms with Crippen LogP contribution < -0.4 is 20.7 Å². The van der Waals surface area contributed by atoms with Crippen molar-refractivity contribution in [1.29, 1.82) is 0 Å². The molecule has 0 spiro atoms. The van der Waals surface area contributed by atoms with Crippen LogP contribution in [0.4, 0.5) is 36.3 Å². The predicted octanol–water partition coefficient (Wildman–Crippen LogP) is 4.27. The molecule has 0 aliphatic rings. The average Bonchev–Trinajstić information content (AvgIpc) is 2.76. The maximum Gasteiger partial charge on any atom is 0.421 e. The zero-order valence-corrected chi connectivity index (χ0v) is 19.6. The first-order valence-corrected chi connectivity index (χ1v) is 12.0. The second-order valence-electron chi connectivity index (χ2n) is 7.70. The number of benzene rings is 2. The summed E-state index contributed by atoms with van der Waals surface area (Å²) >= 11 is 0. The van der Waals surface area contributed by atoms with E-state index in [2.05, 4.69) is 20.6 Å². The van der Waals surface area contributed by atoms with Crippen LogP contribution in [0.2, 0.25) is 0 Å². The molecular formula is C22H25F3N6O2S. The van der Waals surface area contributed by atoms with Crippen LogP contribution in [0, 0.1) is 0 Å². The Morgan fingerprint density at radius 2 is 1.76 bits per heavy atom. The van der Waals surface area contributed by atoms with Gasteiger partial charge in [0.2, 0.25) is 16.0 Å². The van der Waals surface area contributed by atoms with E-state index in [9.17, 15) is 21.6 Å². The Bertz CT molecular complexity index is 1250. The van der Waals surface area contributed by atoms with Crippen molar-refractivity contribution in [2.45, 2.75) is 25.7 Å². The minimum Gasteiger partial charge on any atom is -0.365 e. The monoisotopic (exact) mass is 494 g/mol. The SMILES string of the molecule is C[C@@H](N)c1ccc(Nc2ncc(C(F)(F)F)c(NCc3ccccc3N(C)S(C)(=O)=O)n2)cc1. The Hall–Kier alpha value is -3.38. The van der Waals surface area contributed by atoms with Gasteiger partial charge in [0.05, 0.1) is 11.9 Å². The minimum atomic E-state index is -4.69. The lowest BCUT2D eigenvalue weighted by Crippen LogP contribution is -2.26. The van der Waals surface area contributed by atoms with Crippen molar-refractivity contribution in [2.75, 3.05) is 28.2 Å². The summed E-state index contributed by atoms with van der Waals surface area (Å²) in [5, 5.41) is 5.56. The van der Waals surface area contributed by atoms with Gasteiger partial charge in [0.15, 0.2) is 0 Å². The fourth-order valence-electron chi connectivity index (χ4n) is 3.11. The maximum absolute atomic E-state index is 13.6. The fourth-order valence-corrected chi connectivity index (χ4v) is 3.64. The van der Waals surface area contributed by atoms with Gasteiger partial charge in [0, 0.05) is 31.5 Å². The lowest BCUT2D eigenvalue weighted by Gasteiger charge is -2.21. The quantitative estimate of drug-likeness (QED) is 0.429. The number of alkyl halides is 3. The van der Waals surface area contributed by atoms with Crippen molar-refractivity contribution in [3.63, 3.8) is 0 Å². The van der Waals surface area contributed by atoms with E-state index in [-0.39, 0.29) is 18.5 Å². The van der Waals surface area contributed by atoms with Crippen molar-refractivity contribution < 1.29 is 21.6 Å². The lowest BCUT2D eigenvalue weighted by molar-refractivity contribution is -0.137. The molecule has 1 aromatic heterocycles. The summed E-state index contributed by atoms with van der Waals surface area (Å²) in [6.07, 6.45) is -2.95. The molecule has 0 aliphatic carbocycles. The predicted molar refractivity (Wildman–Crippen MR) is 126 cm³/mol. The Balaban J connectivity index is 1.89. The second kappa shape index (κ2) is 9.85. The van der Waals surface area contributed by atoms with Gasteiger partial charge < -0.3 is 16.4 Å². The third-order valence-corrected chi connectivity index (χ3v) is 6.25. The number of anilines is 4. The zero-order chi connectivity index (χ0) is 25.1. The lowest BCUT2D eigenvalue weighted by atomic mass is 10.1. The van der Waals surface area contributed by atoms with Crippen LogP contribution in [-0.4, -0.2) is 31.7 Å². The topological polar surface area (TPSA) is 113 Å². The summed E-state index contributed by atoms with van der Waals surface area (Å²) in [6, 6.07) is 13.4. The molecule has 1 heterocycles. The molecule has 0 saturated carbocycles. The Kier molecular flexibility index (Phi) is 7.32. The van der Waals surface area contributed by atoms with E-state index >= 15 is 0 Å². The summed E-state index contributed by atoms with van der Waals surface area (Å²) in [5.74, 6) is -0.473. The van der Waals surface area contributed by atoms with Gasteiger partial charge in [0.1, 0.15) is 11.4 Å². The van der Waals surface area contributed by atoms with Crippen molar-refractivity contribution in [3.8, 4) is 0 Å². The van der Waals surface area contributed by atoms with Crippen molar-refractivity contribution in [3.05, 3.63) is 71.4 Å². The van der Waals surface area contributed by atoms with Crippen molar-refractivity contribution >= 4 is 33.2 Å². The number of hydrogen-bond donors (Lipinski definition) is 3. The molecule has 3 rings (SSSR count). The molecule has 3 aromatic rings. The van der Waals surface area contributed by atoms with E-state index in [1.54, 1.807) is 48.5 Å². The number of rotatable bonds is 8. The molecule has 0 radical (unpaired) electrons. The summed E-state index contributed by atoms with van der Waals surface area (Å²) in [6.45, 7) is 1.74. The number of hydrogen-bond acceptors (Lipinski definition) is 7. The van der Waals surface area contributed by atoms with Gasteiger partial charge in [-0.2, -0.15) is 18.2 Å². The number of nitrogens with two attached hydrogens (primary N) is 1. The molecule has 12 heteroatoms. The second-order valence-corrected chi connectivity index (χ2v) is 9.72. The van der Waals surface area contributed by atoms with Gasteiger partial charge in [-0.3, -0.25) is 4.31 Å². The number of halogens is 3. The molecule has 0 unspecified atom stereocenters. The number of para-hydroxylation sites is 1. The van der Waals surface area contributed by atoms with Crippen LogP contribution in [0.25, 0.3) is 0 Å². The maximum atomic E-state index is 13.6. The Morgan fingerprint density at radius 1 is 1.12 bits per heavy atom. The van der Waals surface area contributed by atoms with Crippen LogP contribution in [0.15, 0.2) is 54.7 Å². The molecule has 1 atom stereocenters. The average molecular weight is 495 g/mol. The van der Waals surface area contributed by atoms with Gasteiger partial charge in [-0.1, -0.05) is 30.3 Å². The largest absolute Gasteiger partial charge is 0.421 e. The van der Waals surface area contributed by atoms with Crippen LogP contribution in [0.5, 0.6) is 0 Å². The number of nitrogens with one attached hydrogen (secondary N) is 2. The van der Waals surface area contributed by atoms with E-state index in [1.165, 1.54) is 7.05 Å². The van der Waals surface area contributed by atoms with Crippen LogP contribution >= 0.6 is 0 Å². The van der Waals surface area contributed by atoms with Gasteiger partial charge >= 0.3 is 6.18 Å². The molecule has 0 fully saturated rings. The molecule has 2 aromatic carbocycles. The van der Waals surface area contributed by atoms with E-state index in [1.807, 2.05) is 6.92 Å². The standard InChI is InChI=1S/C22H25F3N6O2S/c1-14(26)15-8-10-17(11-9-15)29-21-28-13-18(22(23,24)25)20(30-21)27-12-16-6-4-5-7-19(16)31(2)34(3,32)33/h4-11,13-14H,12,26H2,1-3H3,(H2,27,28,29,30)/t14-/m1/s1. The van der Waals surface area contributed by atoms with Crippen molar-refractivity contribution in [2.24, 2.45) is 5.73 Å². The highest BCUT2D eigenvalue weighted by Crippen LogP contribution is 2.34. The molecule has 34 heavy (non-hydrogen) atoms. The summed E-state index contributed by atoms with van der Waals surface area (Å²) in [4.78, 5) is 7.82. The molecule has 182 valence electrons. The third-order valence-electron chi connectivity index (χ3n) is 5.06. The molecule has 4 N–H and O–H groups in total. The van der Waals surface area contributed by atoms with Crippen LogP contribution in [0.3, 0.4) is 0 Å². The summed E-state index contributed by atoms with van der Waals surface area (Å²) in [7, 11) is -2.19. The van der Waals surface area contributed by atoms with Gasteiger partial charge in [-0.25, -0.2) is 13.4 Å². The molecule has 8 nitrogen and oxygen atoms in total. The first-order valence-electron chi connectivity index (χ1n) is 10.2. The normalized spacial score (nSPS) is 12.8. The smallest absolute Gasteiger partial charge is 0.365 e. The first-order chi connectivity index (χ1) is 15.9. The number of aromatic nitrogens is 2. The van der Waals surface area contributed by atoms with Gasteiger partial charge in [0.25, 0.3) is 0 Å². The third kappa shape index (κ3) is 6.14. The van der Waals surface area contributed by atoms with Crippen molar-refractivity contribution in [1.82, 2.24) is 9.97 Å². The number of nitrogens with zero attached hydrogens (tertiary/aromatic N) is 3. The van der Waals surface area contributed by atoms with E-state index in [0.717, 1.165) is 16.1 Å². The molecular weight excluding hydrogens is 469 g/mol. The number of sulfonamides is 1. The highest BCUT2D eigenvalue weighted by molar-refractivity contribution is 7.92. The van der Waals surface area contributed by atoms with Crippen LogP contribution in [0.1, 0.15) is 29.7 Å².